The number of sulfone groups is 2. The lowest BCUT2D eigenvalue weighted by Gasteiger charge is -2.09. The van der Waals surface area contributed by atoms with Gasteiger partial charge in [0.1, 0.15) is 11.5 Å². The molecule has 4 aromatic rings. The number of ether oxygens (including phenoxy) is 1. The lowest BCUT2D eigenvalue weighted by atomic mass is 10.3. The molecule has 0 aromatic heterocycles. The van der Waals surface area contributed by atoms with Gasteiger partial charge in [0.15, 0.2) is 0 Å². The summed E-state index contributed by atoms with van der Waals surface area (Å²) < 4.78 is 56.7. The molecule has 4 aromatic carbocycles. The van der Waals surface area contributed by atoms with Crippen LogP contribution >= 0.6 is 24.8 Å². The number of halogens is 2. The lowest BCUT2D eigenvalue weighted by molar-refractivity contribution is 0.481. The summed E-state index contributed by atoms with van der Waals surface area (Å²) >= 11 is 0. The number of rotatable bonds is 6. The van der Waals surface area contributed by atoms with E-state index in [0.717, 1.165) is 0 Å². The third kappa shape index (κ3) is 6.07. The first-order valence-electron chi connectivity index (χ1n) is 9.75. The number of anilines is 2. The van der Waals surface area contributed by atoms with Crippen LogP contribution in [0.2, 0.25) is 0 Å². The Morgan fingerprint density at radius 3 is 0.914 bits per heavy atom. The van der Waals surface area contributed by atoms with Crippen LogP contribution in [0, 0.1) is 0 Å². The van der Waals surface area contributed by atoms with Crippen molar-refractivity contribution in [1.82, 2.24) is 0 Å². The molecule has 0 aliphatic rings. The van der Waals surface area contributed by atoms with Gasteiger partial charge in [-0.05, 0) is 97.1 Å². The van der Waals surface area contributed by atoms with Crippen LogP contribution in [0.4, 0.5) is 11.4 Å². The summed E-state index contributed by atoms with van der Waals surface area (Å²) in [5.41, 5.74) is 12.2. The van der Waals surface area contributed by atoms with E-state index in [-0.39, 0.29) is 44.4 Å². The highest BCUT2D eigenvalue weighted by Crippen LogP contribution is 2.28. The van der Waals surface area contributed by atoms with Crippen molar-refractivity contribution >= 4 is 55.9 Å². The smallest absolute Gasteiger partial charge is 0.206 e. The van der Waals surface area contributed by atoms with Crippen LogP contribution in [0.15, 0.2) is 117 Å². The Morgan fingerprint density at radius 2 is 0.657 bits per heavy atom. The summed E-state index contributed by atoms with van der Waals surface area (Å²) in [6, 6.07) is 23.8. The second-order valence-electron chi connectivity index (χ2n) is 7.19. The van der Waals surface area contributed by atoms with Crippen LogP contribution in [0.3, 0.4) is 0 Å². The Morgan fingerprint density at radius 1 is 0.429 bits per heavy atom. The van der Waals surface area contributed by atoms with Crippen LogP contribution < -0.4 is 16.2 Å². The standard InChI is InChI=1S/C24H20N2O5S2.2ClH/c25-17-1-9-21(10-2-17)32(27,28)23-13-5-19(6-14-23)31-20-7-15-24(16-8-20)33(29,30)22-11-3-18(26)4-12-22;;/h1-16H,25-26H2;2*1H. The van der Waals surface area contributed by atoms with Crippen molar-refractivity contribution in [3.63, 3.8) is 0 Å². The topological polar surface area (TPSA) is 130 Å². The molecule has 11 heteroatoms. The molecule has 0 radical (unpaired) electrons. The Balaban J connectivity index is 0.00000216. The SMILES string of the molecule is Cl.Cl.Nc1ccc(S(=O)(=O)c2ccc(Oc3ccc(S(=O)(=O)c4ccc(N)cc4)cc3)cc2)cc1. The third-order valence-electron chi connectivity index (χ3n) is 4.88. The highest BCUT2D eigenvalue weighted by molar-refractivity contribution is 7.91. The monoisotopic (exact) mass is 552 g/mol. The van der Waals surface area contributed by atoms with Gasteiger partial charge in [0.2, 0.25) is 19.7 Å². The van der Waals surface area contributed by atoms with E-state index in [2.05, 4.69) is 0 Å². The van der Waals surface area contributed by atoms with Crippen molar-refractivity contribution < 1.29 is 21.6 Å². The number of hydrogen-bond donors (Lipinski definition) is 2. The van der Waals surface area contributed by atoms with Crippen molar-refractivity contribution in [2.75, 3.05) is 11.5 Å². The Kier molecular flexibility index (Phi) is 8.80. The fourth-order valence-electron chi connectivity index (χ4n) is 3.08. The fraction of sp³-hybridized carbons (Fsp3) is 0. The molecule has 0 atom stereocenters. The van der Waals surface area contributed by atoms with Gasteiger partial charge in [-0.1, -0.05) is 0 Å². The molecule has 0 saturated carbocycles. The van der Waals surface area contributed by atoms with Crippen LogP contribution in [0.1, 0.15) is 0 Å². The van der Waals surface area contributed by atoms with E-state index in [4.69, 9.17) is 16.2 Å². The molecule has 0 heterocycles. The van der Waals surface area contributed by atoms with Gasteiger partial charge >= 0.3 is 0 Å². The number of benzene rings is 4. The lowest BCUT2D eigenvalue weighted by Crippen LogP contribution is -2.02. The van der Waals surface area contributed by atoms with Crippen LogP contribution in [-0.2, 0) is 19.7 Å². The summed E-state index contributed by atoms with van der Waals surface area (Å²) in [5.74, 6) is 0.806. The quantitative estimate of drug-likeness (QED) is 0.316. The van der Waals surface area contributed by atoms with E-state index in [0.29, 0.717) is 22.9 Å². The summed E-state index contributed by atoms with van der Waals surface area (Å²) in [4.78, 5) is 0.514. The highest BCUT2D eigenvalue weighted by Gasteiger charge is 2.19. The van der Waals surface area contributed by atoms with Gasteiger partial charge in [-0.3, -0.25) is 0 Å². The molecule has 0 spiro atoms. The summed E-state index contributed by atoms with van der Waals surface area (Å²) in [5, 5.41) is 0. The van der Waals surface area contributed by atoms with E-state index in [1.807, 2.05) is 0 Å². The molecule has 7 nitrogen and oxygen atoms in total. The van der Waals surface area contributed by atoms with Crippen molar-refractivity contribution in [3.8, 4) is 11.5 Å². The average Bonchev–Trinajstić information content (AvgIpc) is 2.80. The maximum atomic E-state index is 12.7. The molecular weight excluding hydrogens is 531 g/mol. The summed E-state index contributed by atoms with van der Waals surface area (Å²) in [6.07, 6.45) is 0. The van der Waals surface area contributed by atoms with Crippen LogP contribution in [0.5, 0.6) is 11.5 Å². The fourth-order valence-corrected chi connectivity index (χ4v) is 5.60. The second-order valence-corrected chi connectivity index (χ2v) is 11.1. The first-order valence-corrected chi connectivity index (χ1v) is 12.7. The largest absolute Gasteiger partial charge is 0.457 e. The minimum absolute atomic E-state index is 0. The minimum Gasteiger partial charge on any atom is -0.457 e. The molecule has 0 unspecified atom stereocenters. The van der Waals surface area contributed by atoms with Crippen molar-refractivity contribution in [2.45, 2.75) is 19.6 Å². The predicted octanol–water partition coefficient (Wildman–Crippen LogP) is 5.15. The average molecular weight is 553 g/mol. The van der Waals surface area contributed by atoms with Crippen LogP contribution in [-0.4, -0.2) is 16.8 Å². The number of hydrogen-bond acceptors (Lipinski definition) is 7. The molecular formula is C24H22Cl2N2O5S2. The zero-order chi connectivity index (χ0) is 23.6. The molecule has 4 rings (SSSR count). The first-order chi connectivity index (χ1) is 15.7. The number of nitrogen functional groups attached to an aromatic ring is 2. The minimum atomic E-state index is -3.68. The van der Waals surface area contributed by atoms with E-state index >= 15 is 0 Å². The Bertz CT molecular complexity index is 1370. The summed E-state index contributed by atoms with van der Waals surface area (Å²) in [7, 11) is -7.36. The predicted molar refractivity (Wildman–Crippen MR) is 140 cm³/mol. The summed E-state index contributed by atoms with van der Waals surface area (Å²) in [6.45, 7) is 0. The normalized spacial score (nSPS) is 11.1. The van der Waals surface area contributed by atoms with Gasteiger partial charge in [-0.15, -0.1) is 24.8 Å². The van der Waals surface area contributed by atoms with Crippen molar-refractivity contribution in [2.24, 2.45) is 0 Å². The molecule has 0 saturated heterocycles. The van der Waals surface area contributed by atoms with Gasteiger partial charge in [0, 0.05) is 11.4 Å². The van der Waals surface area contributed by atoms with E-state index in [9.17, 15) is 16.8 Å². The van der Waals surface area contributed by atoms with E-state index < -0.39 is 19.7 Å². The van der Waals surface area contributed by atoms with E-state index in [1.54, 1.807) is 0 Å². The molecule has 35 heavy (non-hydrogen) atoms. The zero-order valence-corrected chi connectivity index (χ0v) is 21.3. The van der Waals surface area contributed by atoms with Gasteiger partial charge in [-0.2, -0.15) is 0 Å². The van der Waals surface area contributed by atoms with Gasteiger partial charge < -0.3 is 16.2 Å². The highest BCUT2D eigenvalue weighted by atomic mass is 35.5. The first kappa shape index (κ1) is 28.0. The Hall–Kier alpha value is -3.24. The molecule has 0 fully saturated rings. The maximum absolute atomic E-state index is 12.7. The van der Waals surface area contributed by atoms with Crippen molar-refractivity contribution in [1.29, 1.82) is 0 Å². The van der Waals surface area contributed by atoms with Gasteiger partial charge in [0.05, 0.1) is 19.6 Å². The number of nitrogens with two attached hydrogens (primary N) is 2. The Labute approximate surface area is 216 Å². The zero-order valence-electron chi connectivity index (χ0n) is 18.1. The molecule has 4 N–H and O–H groups in total. The van der Waals surface area contributed by atoms with E-state index in [1.165, 1.54) is 97.1 Å². The van der Waals surface area contributed by atoms with Crippen molar-refractivity contribution in [3.05, 3.63) is 97.1 Å². The molecule has 0 amide bonds. The third-order valence-corrected chi connectivity index (χ3v) is 8.46. The molecule has 184 valence electrons. The molecule has 0 bridgehead atoms. The van der Waals surface area contributed by atoms with Crippen LogP contribution in [0.25, 0.3) is 0 Å². The molecule has 0 aliphatic heterocycles. The molecule has 0 aliphatic carbocycles. The second kappa shape index (κ2) is 11.0. The van der Waals surface area contributed by atoms with Gasteiger partial charge in [-0.25, -0.2) is 16.8 Å². The maximum Gasteiger partial charge on any atom is 0.206 e. The van der Waals surface area contributed by atoms with Gasteiger partial charge in [0.25, 0.3) is 0 Å².